The second kappa shape index (κ2) is 13.3. The van der Waals surface area contributed by atoms with Crippen LogP contribution in [0.1, 0.15) is 47.2 Å². The van der Waals surface area contributed by atoms with Crippen molar-refractivity contribution in [1.29, 1.82) is 0 Å². The van der Waals surface area contributed by atoms with Crippen molar-refractivity contribution in [2.45, 2.75) is 39.2 Å². The number of esters is 1. The van der Waals surface area contributed by atoms with Crippen LogP contribution in [0.25, 0.3) is 22.2 Å². The maximum Gasteiger partial charge on any atom is 0.347 e. The molecule has 7 heteroatoms. The number of ether oxygens (including phenoxy) is 2. The number of nitrogens with zero attached hydrogens (tertiary/aromatic N) is 2. The highest BCUT2D eigenvalue weighted by atomic mass is 16.5. The van der Waals surface area contributed by atoms with E-state index in [4.69, 9.17) is 9.47 Å². The summed E-state index contributed by atoms with van der Waals surface area (Å²) in [5.41, 5.74) is 5.27. The van der Waals surface area contributed by atoms with Gasteiger partial charge in [0.1, 0.15) is 35.2 Å². The number of para-hydroxylation sites is 1. The Bertz CT molecular complexity index is 1730. The number of rotatable bonds is 9. The van der Waals surface area contributed by atoms with Gasteiger partial charge < -0.3 is 24.3 Å². The molecule has 0 amide bonds. The largest absolute Gasteiger partial charge is 0.508 e. The Morgan fingerprint density at radius 3 is 2.25 bits per heavy atom. The molecule has 1 aromatic heterocycles. The van der Waals surface area contributed by atoms with Crippen molar-refractivity contribution in [2.24, 2.45) is 0 Å². The van der Waals surface area contributed by atoms with Gasteiger partial charge in [0, 0.05) is 24.0 Å². The van der Waals surface area contributed by atoms with E-state index in [-0.39, 0.29) is 17.1 Å². The third-order valence-electron chi connectivity index (χ3n) is 8.40. The minimum Gasteiger partial charge on any atom is -0.508 e. The predicted octanol–water partition coefficient (Wildman–Crippen LogP) is 7.55. The molecular weight excluding hydrogens is 552 g/mol. The number of aromatic nitrogens is 1. The summed E-state index contributed by atoms with van der Waals surface area (Å²) in [6, 6.07) is 27.4. The number of benzene rings is 4. The van der Waals surface area contributed by atoms with Crippen LogP contribution in [-0.4, -0.2) is 51.9 Å². The first-order valence-electron chi connectivity index (χ1n) is 15.3. The second-order valence-corrected chi connectivity index (χ2v) is 11.4. The summed E-state index contributed by atoms with van der Waals surface area (Å²) >= 11 is 0. The van der Waals surface area contributed by atoms with Crippen LogP contribution in [0.2, 0.25) is 0 Å². The van der Waals surface area contributed by atoms with Crippen molar-refractivity contribution >= 4 is 16.9 Å². The Hall–Kier alpha value is -4.75. The smallest absolute Gasteiger partial charge is 0.347 e. The molecule has 7 nitrogen and oxygen atoms in total. The fourth-order valence-electron chi connectivity index (χ4n) is 6.06. The highest BCUT2D eigenvalue weighted by Gasteiger charge is 2.18. The van der Waals surface area contributed by atoms with Crippen molar-refractivity contribution in [3.05, 3.63) is 108 Å². The fourth-order valence-corrected chi connectivity index (χ4v) is 6.06. The lowest BCUT2D eigenvalue weighted by atomic mass is 10.1. The lowest BCUT2D eigenvalue weighted by molar-refractivity contribution is 0.0731. The number of phenols is 2. The SMILES string of the molecule is Cc1c(-c2ccc(OC(=O)c3ccccc3O)cc2)n(Cc2ccc(OCCN3CCCCCC3)cc2)c2ccc(O)cc12. The first kappa shape index (κ1) is 29.3. The normalized spacial score (nSPS) is 13.9. The van der Waals surface area contributed by atoms with E-state index in [9.17, 15) is 15.0 Å². The predicted molar refractivity (Wildman–Crippen MR) is 173 cm³/mol. The number of aryl methyl sites for hydroxylation is 1. The first-order chi connectivity index (χ1) is 21.5. The molecule has 4 aromatic carbocycles. The van der Waals surface area contributed by atoms with E-state index < -0.39 is 5.97 Å². The van der Waals surface area contributed by atoms with E-state index >= 15 is 0 Å². The van der Waals surface area contributed by atoms with Crippen LogP contribution in [0, 0.1) is 6.92 Å². The molecule has 1 aliphatic heterocycles. The molecule has 226 valence electrons. The molecule has 0 aliphatic carbocycles. The molecule has 1 fully saturated rings. The summed E-state index contributed by atoms with van der Waals surface area (Å²) in [6.45, 7) is 6.66. The quantitative estimate of drug-likeness (QED) is 0.136. The van der Waals surface area contributed by atoms with Crippen LogP contribution in [0.3, 0.4) is 0 Å². The highest BCUT2D eigenvalue weighted by Crippen LogP contribution is 2.36. The van der Waals surface area contributed by atoms with Gasteiger partial charge in [0.25, 0.3) is 0 Å². The van der Waals surface area contributed by atoms with Crippen LogP contribution in [0.15, 0.2) is 91.0 Å². The number of aromatic hydroxyl groups is 2. The Morgan fingerprint density at radius 2 is 1.52 bits per heavy atom. The first-order valence-corrected chi connectivity index (χ1v) is 15.3. The average molecular weight is 591 g/mol. The maximum absolute atomic E-state index is 12.6. The molecule has 0 radical (unpaired) electrons. The minimum atomic E-state index is -0.619. The van der Waals surface area contributed by atoms with Crippen LogP contribution in [-0.2, 0) is 6.54 Å². The van der Waals surface area contributed by atoms with E-state index in [0.29, 0.717) is 18.9 Å². The zero-order valence-electron chi connectivity index (χ0n) is 25.0. The van der Waals surface area contributed by atoms with Gasteiger partial charge in [-0.3, -0.25) is 4.90 Å². The summed E-state index contributed by atoms with van der Waals surface area (Å²) in [5.74, 6) is 0.732. The minimum absolute atomic E-state index is 0.112. The van der Waals surface area contributed by atoms with Gasteiger partial charge in [-0.15, -0.1) is 0 Å². The number of phenolic OH excluding ortho intramolecular Hbond substituents is 2. The number of likely N-dealkylation sites (tertiary alicyclic amines) is 1. The molecule has 1 saturated heterocycles. The van der Waals surface area contributed by atoms with Crippen molar-refractivity contribution < 1.29 is 24.5 Å². The van der Waals surface area contributed by atoms with Crippen LogP contribution < -0.4 is 9.47 Å². The van der Waals surface area contributed by atoms with Crippen LogP contribution in [0.5, 0.6) is 23.0 Å². The molecule has 0 saturated carbocycles. The number of carbonyl (C=O) groups is 1. The third-order valence-corrected chi connectivity index (χ3v) is 8.40. The van der Waals surface area contributed by atoms with E-state index in [0.717, 1.165) is 45.6 Å². The molecule has 1 aliphatic rings. The van der Waals surface area contributed by atoms with Gasteiger partial charge in [0.05, 0.1) is 5.69 Å². The number of fused-ring (bicyclic) bond motifs is 1. The molecule has 0 unspecified atom stereocenters. The molecule has 0 bridgehead atoms. The molecule has 2 heterocycles. The Morgan fingerprint density at radius 1 is 0.818 bits per heavy atom. The maximum atomic E-state index is 12.6. The third kappa shape index (κ3) is 6.58. The van der Waals surface area contributed by atoms with Crippen LogP contribution >= 0.6 is 0 Å². The standard InChI is InChI=1S/C37H38N2O5/c1-26-33-24-29(40)14-19-34(33)39(25-27-10-15-30(16-11-27)43-23-22-38-20-6-2-3-7-21-38)36(26)28-12-17-31(18-13-28)44-37(42)32-8-4-5-9-35(32)41/h4-5,8-19,24,40-41H,2-3,6-7,20-23,25H2,1H3. The summed E-state index contributed by atoms with van der Waals surface area (Å²) in [4.78, 5) is 15.1. The molecule has 5 aromatic rings. The van der Waals surface area contributed by atoms with Crippen molar-refractivity contribution in [2.75, 3.05) is 26.2 Å². The monoisotopic (exact) mass is 590 g/mol. The van der Waals surface area contributed by atoms with E-state index in [1.807, 2.05) is 30.3 Å². The highest BCUT2D eigenvalue weighted by molar-refractivity contribution is 5.94. The number of hydrogen-bond acceptors (Lipinski definition) is 6. The lowest BCUT2D eigenvalue weighted by Gasteiger charge is -2.19. The van der Waals surface area contributed by atoms with E-state index in [1.54, 1.807) is 36.4 Å². The molecule has 2 N–H and O–H groups in total. The van der Waals surface area contributed by atoms with Crippen molar-refractivity contribution in [3.63, 3.8) is 0 Å². The Kier molecular flexibility index (Phi) is 8.84. The van der Waals surface area contributed by atoms with Gasteiger partial charge in [-0.2, -0.15) is 0 Å². The van der Waals surface area contributed by atoms with E-state index in [2.05, 4.69) is 28.5 Å². The molecule has 0 spiro atoms. The lowest BCUT2D eigenvalue weighted by Crippen LogP contribution is -2.29. The fraction of sp³-hybridized carbons (Fsp3) is 0.270. The summed E-state index contributed by atoms with van der Waals surface area (Å²) in [7, 11) is 0. The number of carbonyl (C=O) groups excluding carboxylic acids is 1. The average Bonchev–Trinajstić information content (AvgIpc) is 3.17. The van der Waals surface area contributed by atoms with Crippen LogP contribution in [0.4, 0.5) is 0 Å². The summed E-state index contributed by atoms with van der Waals surface area (Å²) in [6.07, 6.45) is 5.22. The molecule has 6 rings (SSSR count). The summed E-state index contributed by atoms with van der Waals surface area (Å²) < 4.78 is 13.9. The van der Waals surface area contributed by atoms with Gasteiger partial charge in [-0.25, -0.2) is 4.79 Å². The zero-order chi connectivity index (χ0) is 30.5. The molecule has 44 heavy (non-hydrogen) atoms. The second-order valence-electron chi connectivity index (χ2n) is 11.4. The molecule has 0 atom stereocenters. The van der Waals surface area contributed by atoms with Gasteiger partial charge in [-0.05, 0) is 116 Å². The van der Waals surface area contributed by atoms with Crippen molar-refractivity contribution in [1.82, 2.24) is 9.47 Å². The zero-order valence-corrected chi connectivity index (χ0v) is 25.0. The summed E-state index contributed by atoms with van der Waals surface area (Å²) in [5, 5.41) is 21.2. The van der Waals surface area contributed by atoms with Crippen molar-refractivity contribution in [3.8, 4) is 34.3 Å². The Balaban J connectivity index is 1.20. The van der Waals surface area contributed by atoms with Gasteiger partial charge in [0.15, 0.2) is 0 Å². The topological polar surface area (TPSA) is 84.2 Å². The molecular formula is C37H38N2O5. The number of hydrogen-bond donors (Lipinski definition) is 2. The van der Waals surface area contributed by atoms with Gasteiger partial charge in [0.2, 0.25) is 0 Å². The van der Waals surface area contributed by atoms with E-state index in [1.165, 1.54) is 50.9 Å². The van der Waals surface area contributed by atoms with Gasteiger partial charge in [-0.1, -0.05) is 37.1 Å². The Labute approximate surface area is 257 Å². The van der Waals surface area contributed by atoms with Gasteiger partial charge >= 0.3 is 5.97 Å².